The number of benzene rings is 1. The van der Waals surface area contributed by atoms with Gasteiger partial charge in [-0.25, -0.2) is 4.39 Å². The molecule has 6 heteroatoms. The van der Waals surface area contributed by atoms with Crippen molar-refractivity contribution in [2.24, 2.45) is 0 Å². The van der Waals surface area contributed by atoms with E-state index in [0.29, 0.717) is 18.0 Å². The van der Waals surface area contributed by atoms with E-state index in [0.717, 1.165) is 31.5 Å². The molecule has 1 spiro atoms. The maximum atomic E-state index is 13.4. The van der Waals surface area contributed by atoms with E-state index in [-0.39, 0.29) is 18.0 Å². The SMILES string of the molecule is C[C@]1(O)CC2(CCN(Cc3cc(F)cc(Cl)c3)CC2)OC[C@@H]1O. The Morgan fingerprint density at radius 1 is 1.35 bits per heavy atom. The second-order valence-electron chi connectivity index (χ2n) is 7.10. The van der Waals surface area contributed by atoms with Crippen LogP contribution in [0.2, 0.25) is 5.02 Å². The predicted octanol–water partition coefficient (Wildman–Crippen LogP) is 2.35. The van der Waals surface area contributed by atoms with Gasteiger partial charge in [0.1, 0.15) is 11.9 Å². The summed E-state index contributed by atoms with van der Waals surface area (Å²) in [5, 5.41) is 20.6. The minimum Gasteiger partial charge on any atom is -0.388 e. The van der Waals surface area contributed by atoms with Crippen LogP contribution < -0.4 is 0 Å². The van der Waals surface area contributed by atoms with E-state index < -0.39 is 11.7 Å². The van der Waals surface area contributed by atoms with Crippen molar-refractivity contribution in [1.82, 2.24) is 4.90 Å². The van der Waals surface area contributed by atoms with Gasteiger partial charge in [-0.3, -0.25) is 4.90 Å². The van der Waals surface area contributed by atoms with Gasteiger partial charge < -0.3 is 14.9 Å². The third kappa shape index (κ3) is 3.86. The van der Waals surface area contributed by atoms with Gasteiger partial charge in [0.15, 0.2) is 0 Å². The van der Waals surface area contributed by atoms with Crippen molar-refractivity contribution in [3.63, 3.8) is 0 Å². The molecule has 1 aromatic rings. The number of likely N-dealkylation sites (tertiary alicyclic amines) is 1. The van der Waals surface area contributed by atoms with E-state index >= 15 is 0 Å². The second kappa shape index (κ2) is 6.30. The molecule has 2 aliphatic rings. The number of halogens is 2. The summed E-state index contributed by atoms with van der Waals surface area (Å²) >= 11 is 5.90. The first-order valence-electron chi connectivity index (χ1n) is 8.00. The Bertz CT molecular complexity index is 553. The molecule has 0 bridgehead atoms. The van der Waals surface area contributed by atoms with Gasteiger partial charge in [-0.15, -0.1) is 0 Å². The minimum absolute atomic E-state index is 0.173. The lowest BCUT2D eigenvalue weighted by Gasteiger charge is -2.50. The standard InChI is InChI=1S/C17H23ClFNO3/c1-16(22)11-17(23-10-15(16)21)2-4-20(5-3-17)9-12-6-13(18)8-14(19)7-12/h6-8,15,21-22H,2-5,9-11H2,1H3/t15-,16-/m0/s1. The molecule has 0 saturated carbocycles. The van der Waals surface area contributed by atoms with Gasteiger partial charge in [0.05, 0.1) is 17.8 Å². The molecule has 0 radical (unpaired) electrons. The smallest absolute Gasteiger partial charge is 0.125 e. The summed E-state index contributed by atoms with van der Waals surface area (Å²) in [5.41, 5.74) is -0.604. The molecule has 3 rings (SSSR count). The summed E-state index contributed by atoms with van der Waals surface area (Å²) < 4.78 is 19.3. The molecule has 2 heterocycles. The summed E-state index contributed by atoms with van der Waals surface area (Å²) in [7, 11) is 0. The third-order valence-electron chi connectivity index (χ3n) is 5.04. The first kappa shape index (κ1) is 17.1. The molecule has 0 unspecified atom stereocenters. The van der Waals surface area contributed by atoms with Crippen LogP contribution in [0.5, 0.6) is 0 Å². The molecule has 0 amide bonds. The number of nitrogens with zero attached hydrogens (tertiary/aromatic N) is 1. The first-order valence-corrected chi connectivity index (χ1v) is 8.38. The molecular formula is C17H23ClFNO3. The average molecular weight is 344 g/mol. The number of rotatable bonds is 2. The normalized spacial score (nSPS) is 31.4. The van der Waals surface area contributed by atoms with Gasteiger partial charge in [-0.05, 0) is 43.5 Å². The third-order valence-corrected chi connectivity index (χ3v) is 5.26. The van der Waals surface area contributed by atoms with Crippen LogP contribution in [0.25, 0.3) is 0 Å². The van der Waals surface area contributed by atoms with E-state index in [1.807, 2.05) is 0 Å². The van der Waals surface area contributed by atoms with Crippen LogP contribution in [0.3, 0.4) is 0 Å². The lowest BCUT2D eigenvalue weighted by molar-refractivity contribution is -0.223. The Labute approximate surface area is 140 Å². The monoisotopic (exact) mass is 343 g/mol. The molecule has 2 N–H and O–H groups in total. The first-order chi connectivity index (χ1) is 10.8. The van der Waals surface area contributed by atoms with Crippen molar-refractivity contribution in [3.8, 4) is 0 Å². The molecule has 23 heavy (non-hydrogen) atoms. The summed E-state index contributed by atoms with van der Waals surface area (Å²) in [4.78, 5) is 2.24. The summed E-state index contributed by atoms with van der Waals surface area (Å²) in [6.45, 7) is 4.10. The lowest BCUT2D eigenvalue weighted by Crippen LogP contribution is -2.59. The van der Waals surface area contributed by atoms with Gasteiger partial charge in [0.25, 0.3) is 0 Å². The van der Waals surface area contributed by atoms with Crippen molar-refractivity contribution >= 4 is 11.6 Å². The molecule has 2 atom stereocenters. The highest BCUT2D eigenvalue weighted by Gasteiger charge is 2.48. The number of piperidine rings is 1. The fourth-order valence-electron chi connectivity index (χ4n) is 3.66. The Morgan fingerprint density at radius 3 is 2.65 bits per heavy atom. The highest BCUT2D eigenvalue weighted by Crippen LogP contribution is 2.39. The fraction of sp³-hybridized carbons (Fsp3) is 0.647. The van der Waals surface area contributed by atoms with Crippen molar-refractivity contribution in [3.05, 3.63) is 34.6 Å². The van der Waals surface area contributed by atoms with Gasteiger partial charge in [0, 0.05) is 31.1 Å². The van der Waals surface area contributed by atoms with Gasteiger partial charge >= 0.3 is 0 Å². The maximum absolute atomic E-state index is 13.4. The van der Waals surface area contributed by atoms with Crippen LogP contribution >= 0.6 is 11.6 Å². The zero-order chi connectivity index (χ0) is 16.7. The number of hydrogen-bond acceptors (Lipinski definition) is 4. The Kier molecular flexibility index (Phi) is 4.69. The van der Waals surface area contributed by atoms with Crippen LogP contribution in [0.4, 0.5) is 4.39 Å². The maximum Gasteiger partial charge on any atom is 0.125 e. The molecule has 4 nitrogen and oxygen atoms in total. The summed E-state index contributed by atoms with van der Waals surface area (Å²) in [6, 6.07) is 4.60. The second-order valence-corrected chi connectivity index (χ2v) is 7.53. The zero-order valence-electron chi connectivity index (χ0n) is 13.3. The number of aliphatic hydroxyl groups excluding tert-OH is 1. The number of hydrogen-bond donors (Lipinski definition) is 2. The molecule has 2 saturated heterocycles. The van der Waals surface area contributed by atoms with E-state index in [4.69, 9.17) is 16.3 Å². The highest BCUT2D eigenvalue weighted by atomic mass is 35.5. The Hall–Kier alpha value is -0.720. The van der Waals surface area contributed by atoms with E-state index in [9.17, 15) is 14.6 Å². The van der Waals surface area contributed by atoms with E-state index in [1.54, 1.807) is 13.0 Å². The molecular weight excluding hydrogens is 321 g/mol. The Balaban J connectivity index is 1.60. The van der Waals surface area contributed by atoms with Crippen LogP contribution in [-0.2, 0) is 11.3 Å². The lowest BCUT2D eigenvalue weighted by atomic mass is 9.76. The number of aliphatic hydroxyl groups is 2. The van der Waals surface area contributed by atoms with Crippen LogP contribution in [0, 0.1) is 5.82 Å². The van der Waals surface area contributed by atoms with Crippen molar-refractivity contribution < 1.29 is 19.3 Å². The molecule has 0 aliphatic carbocycles. The number of ether oxygens (including phenoxy) is 1. The quantitative estimate of drug-likeness (QED) is 0.865. The molecule has 0 aromatic heterocycles. The molecule has 1 aromatic carbocycles. The zero-order valence-corrected chi connectivity index (χ0v) is 14.0. The molecule has 128 valence electrons. The van der Waals surface area contributed by atoms with Crippen LogP contribution in [0.15, 0.2) is 18.2 Å². The molecule has 2 fully saturated rings. The molecule has 2 aliphatic heterocycles. The Morgan fingerprint density at radius 2 is 2.04 bits per heavy atom. The topological polar surface area (TPSA) is 52.9 Å². The van der Waals surface area contributed by atoms with Gasteiger partial charge in [-0.1, -0.05) is 11.6 Å². The van der Waals surface area contributed by atoms with Crippen LogP contribution in [0.1, 0.15) is 31.7 Å². The van der Waals surface area contributed by atoms with Crippen molar-refractivity contribution in [2.75, 3.05) is 19.7 Å². The fourth-order valence-corrected chi connectivity index (χ4v) is 3.90. The largest absolute Gasteiger partial charge is 0.388 e. The average Bonchev–Trinajstić information content (AvgIpc) is 2.45. The van der Waals surface area contributed by atoms with Crippen molar-refractivity contribution in [1.29, 1.82) is 0 Å². The minimum atomic E-state index is -1.10. The highest BCUT2D eigenvalue weighted by molar-refractivity contribution is 6.30. The van der Waals surface area contributed by atoms with Crippen molar-refractivity contribution in [2.45, 2.75) is 50.0 Å². The van der Waals surface area contributed by atoms with E-state index in [2.05, 4.69) is 4.90 Å². The van der Waals surface area contributed by atoms with Gasteiger partial charge in [0.2, 0.25) is 0 Å². The predicted molar refractivity (Wildman–Crippen MR) is 85.9 cm³/mol. The van der Waals surface area contributed by atoms with Gasteiger partial charge in [-0.2, -0.15) is 0 Å². The summed E-state index contributed by atoms with van der Waals surface area (Å²) in [6.07, 6.45) is 1.19. The van der Waals surface area contributed by atoms with Crippen LogP contribution in [-0.4, -0.2) is 52.1 Å². The summed E-state index contributed by atoms with van der Waals surface area (Å²) in [5.74, 6) is -0.318. The van der Waals surface area contributed by atoms with E-state index in [1.165, 1.54) is 12.1 Å².